The molecule has 17 heavy (non-hydrogen) atoms. The molecule has 1 aromatic rings. The van der Waals surface area contributed by atoms with Crippen molar-refractivity contribution in [2.45, 2.75) is 38.8 Å². The zero-order valence-electron chi connectivity index (χ0n) is 10.7. The quantitative estimate of drug-likeness (QED) is 0.838. The van der Waals surface area contributed by atoms with Crippen molar-refractivity contribution in [3.05, 3.63) is 11.8 Å². The molecule has 1 aliphatic rings. The van der Waals surface area contributed by atoms with Crippen LogP contribution < -0.4 is 10.6 Å². The monoisotopic (exact) mass is 236 g/mol. The van der Waals surface area contributed by atoms with Crippen LogP contribution in [0.5, 0.6) is 0 Å². The average Bonchev–Trinajstić information content (AvgIpc) is 2.32. The Labute approximate surface area is 102 Å². The van der Waals surface area contributed by atoms with Gasteiger partial charge >= 0.3 is 0 Å². The molecule has 0 bridgehead atoms. The second kappa shape index (κ2) is 5.31. The molecule has 1 fully saturated rings. The van der Waals surface area contributed by atoms with Crippen molar-refractivity contribution in [3.63, 3.8) is 0 Å². The third-order valence-electron chi connectivity index (χ3n) is 3.02. The zero-order chi connectivity index (χ0) is 12.3. The number of nitrogens with zero attached hydrogens (tertiary/aromatic N) is 2. The van der Waals surface area contributed by atoms with E-state index in [1.54, 1.807) is 0 Å². The summed E-state index contributed by atoms with van der Waals surface area (Å²) in [4.78, 5) is 8.61. The molecule has 2 heterocycles. The summed E-state index contributed by atoms with van der Waals surface area (Å²) in [5.74, 6) is 1.57. The molecule has 94 valence electrons. The van der Waals surface area contributed by atoms with Gasteiger partial charge in [-0.15, -0.1) is 0 Å². The lowest BCUT2D eigenvalue weighted by Gasteiger charge is -2.28. The Balaban J connectivity index is 2.06. The van der Waals surface area contributed by atoms with Crippen LogP contribution in [0.2, 0.25) is 0 Å². The highest BCUT2D eigenvalue weighted by atomic mass is 16.5. The molecule has 0 amide bonds. The number of rotatable bonds is 3. The van der Waals surface area contributed by atoms with Gasteiger partial charge < -0.3 is 15.4 Å². The van der Waals surface area contributed by atoms with Crippen molar-refractivity contribution >= 4 is 11.8 Å². The van der Waals surface area contributed by atoms with Crippen molar-refractivity contribution in [2.24, 2.45) is 0 Å². The van der Waals surface area contributed by atoms with Crippen molar-refractivity contribution in [1.29, 1.82) is 0 Å². The highest BCUT2D eigenvalue weighted by molar-refractivity contribution is 5.46. The number of hydrogen-bond donors (Lipinski definition) is 2. The van der Waals surface area contributed by atoms with Crippen molar-refractivity contribution in [1.82, 2.24) is 9.97 Å². The highest BCUT2D eigenvalue weighted by Gasteiger charge is 2.20. The Morgan fingerprint density at radius 3 is 3.00 bits per heavy atom. The van der Waals surface area contributed by atoms with Gasteiger partial charge in [0.25, 0.3) is 0 Å². The molecule has 0 spiro atoms. The van der Waals surface area contributed by atoms with Crippen LogP contribution in [-0.4, -0.2) is 35.8 Å². The Morgan fingerprint density at radius 2 is 2.29 bits per heavy atom. The van der Waals surface area contributed by atoms with E-state index in [1.165, 1.54) is 0 Å². The van der Waals surface area contributed by atoms with Gasteiger partial charge in [0, 0.05) is 31.5 Å². The number of nitrogens with one attached hydrogen (secondary N) is 2. The van der Waals surface area contributed by atoms with Crippen LogP contribution in [0.1, 0.15) is 25.3 Å². The maximum absolute atomic E-state index is 5.54. The van der Waals surface area contributed by atoms with Gasteiger partial charge in [-0.05, 0) is 26.7 Å². The van der Waals surface area contributed by atoms with Gasteiger partial charge in [0.2, 0.25) is 5.95 Å². The fourth-order valence-electron chi connectivity index (χ4n) is 2.03. The lowest BCUT2D eigenvalue weighted by Crippen LogP contribution is -2.33. The minimum Gasteiger partial charge on any atom is -0.378 e. The zero-order valence-corrected chi connectivity index (χ0v) is 10.7. The Morgan fingerprint density at radius 1 is 1.47 bits per heavy atom. The fraction of sp³-hybridized carbons (Fsp3) is 0.667. The van der Waals surface area contributed by atoms with Crippen LogP contribution >= 0.6 is 0 Å². The lowest BCUT2D eigenvalue weighted by molar-refractivity contribution is 0.0231. The fourth-order valence-corrected chi connectivity index (χ4v) is 2.03. The molecule has 2 N–H and O–H groups in total. The number of aryl methyl sites for hydroxylation is 1. The number of anilines is 2. The second-order valence-electron chi connectivity index (χ2n) is 4.52. The molecular weight excluding hydrogens is 216 g/mol. The molecule has 0 aromatic carbocycles. The minimum absolute atomic E-state index is 0.326. The Bertz CT molecular complexity index is 383. The normalized spacial score (nSPS) is 24.4. The number of hydrogen-bond acceptors (Lipinski definition) is 5. The number of aromatic nitrogens is 2. The summed E-state index contributed by atoms with van der Waals surface area (Å²) in [6.07, 6.45) is 4.22. The van der Waals surface area contributed by atoms with Crippen molar-refractivity contribution in [2.75, 3.05) is 24.3 Å². The van der Waals surface area contributed by atoms with E-state index >= 15 is 0 Å². The summed E-state index contributed by atoms with van der Waals surface area (Å²) in [6.45, 7) is 4.95. The van der Waals surface area contributed by atoms with E-state index in [4.69, 9.17) is 4.74 Å². The molecule has 0 aliphatic carbocycles. The first-order valence-electron chi connectivity index (χ1n) is 6.08. The standard InChI is InChI=1S/C12H20N4O/c1-8-7-14-12(13-3)16-11(8)15-10-4-5-17-9(2)6-10/h7,9-10H,4-6H2,1-3H3,(H2,13,14,15,16). The van der Waals surface area contributed by atoms with Gasteiger partial charge in [0.1, 0.15) is 5.82 Å². The largest absolute Gasteiger partial charge is 0.378 e. The first-order chi connectivity index (χ1) is 8.19. The molecule has 2 atom stereocenters. The second-order valence-corrected chi connectivity index (χ2v) is 4.52. The van der Waals surface area contributed by atoms with E-state index < -0.39 is 0 Å². The molecule has 0 radical (unpaired) electrons. The van der Waals surface area contributed by atoms with Crippen LogP contribution in [0.3, 0.4) is 0 Å². The average molecular weight is 236 g/mol. The first-order valence-corrected chi connectivity index (χ1v) is 6.08. The van der Waals surface area contributed by atoms with Gasteiger partial charge in [-0.2, -0.15) is 4.98 Å². The molecular formula is C12H20N4O. The summed E-state index contributed by atoms with van der Waals surface area (Å²) in [7, 11) is 1.82. The first kappa shape index (κ1) is 12.1. The molecule has 5 heteroatoms. The molecule has 2 rings (SSSR count). The van der Waals surface area contributed by atoms with Crippen LogP contribution in [0.15, 0.2) is 6.20 Å². The van der Waals surface area contributed by atoms with E-state index in [2.05, 4.69) is 27.5 Å². The number of ether oxygens (including phenoxy) is 1. The summed E-state index contributed by atoms with van der Waals surface area (Å²) in [6, 6.07) is 0.442. The van der Waals surface area contributed by atoms with Crippen LogP contribution in [-0.2, 0) is 4.74 Å². The molecule has 1 aliphatic heterocycles. The van der Waals surface area contributed by atoms with Gasteiger partial charge in [-0.1, -0.05) is 0 Å². The summed E-state index contributed by atoms with van der Waals surface area (Å²) in [5, 5.41) is 6.44. The van der Waals surface area contributed by atoms with Crippen LogP contribution in [0, 0.1) is 6.92 Å². The molecule has 5 nitrogen and oxygen atoms in total. The van der Waals surface area contributed by atoms with E-state index in [9.17, 15) is 0 Å². The molecule has 0 saturated carbocycles. The Hall–Kier alpha value is -1.36. The summed E-state index contributed by atoms with van der Waals surface area (Å²) in [5.41, 5.74) is 1.07. The highest BCUT2D eigenvalue weighted by Crippen LogP contribution is 2.20. The predicted octanol–water partition coefficient (Wildman–Crippen LogP) is 1.81. The van der Waals surface area contributed by atoms with E-state index in [1.807, 2.05) is 20.2 Å². The van der Waals surface area contributed by atoms with E-state index in [0.29, 0.717) is 18.1 Å². The van der Waals surface area contributed by atoms with Crippen LogP contribution in [0.25, 0.3) is 0 Å². The van der Waals surface area contributed by atoms with E-state index in [-0.39, 0.29) is 0 Å². The topological polar surface area (TPSA) is 59.1 Å². The van der Waals surface area contributed by atoms with E-state index in [0.717, 1.165) is 30.8 Å². The molecule has 2 unspecified atom stereocenters. The van der Waals surface area contributed by atoms with Crippen molar-refractivity contribution in [3.8, 4) is 0 Å². The maximum atomic E-state index is 5.54. The predicted molar refractivity (Wildman–Crippen MR) is 68.4 cm³/mol. The summed E-state index contributed by atoms with van der Waals surface area (Å²) >= 11 is 0. The third kappa shape index (κ3) is 3.06. The molecule has 1 saturated heterocycles. The van der Waals surface area contributed by atoms with Gasteiger partial charge in [-0.25, -0.2) is 4.98 Å². The van der Waals surface area contributed by atoms with Crippen molar-refractivity contribution < 1.29 is 4.74 Å². The SMILES string of the molecule is CNc1ncc(C)c(NC2CCOC(C)C2)n1. The Kier molecular flexibility index (Phi) is 3.78. The smallest absolute Gasteiger partial charge is 0.224 e. The maximum Gasteiger partial charge on any atom is 0.224 e. The minimum atomic E-state index is 0.326. The summed E-state index contributed by atoms with van der Waals surface area (Å²) < 4.78 is 5.54. The van der Waals surface area contributed by atoms with Gasteiger partial charge in [0.15, 0.2) is 0 Å². The molecule has 1 aromatic heterocycles. The third-order valence-corrected chi connectivity index (χ3v) is 3.02. The van der Waals surface area contributed by atoms with Crippen LogP contribution in [0.4, 0.5) is 11.8 Å². The lowest BCUT2D eigenvalue weighted by atomic mass is 10.0. The van der Waals surface area contributed by atoms with Gasteiger partial charge in [0.05, 0.1) is 6.10 Å². The van der Waals surface area contributed by atoms with Gasteiger partial charge in [-0.3, -0.25) is 0 Å².